The van der Waals surface area contributed by atoms with Crippen LogP contribution in [-0.2, 0) is 30.1 Å². The van der Waals surface area contributed by atoms with E-state index in [9.17, 15) is 21.6 Å². The number of fused-ring (bicyclic) bond motifs is 1. The normalized spacial score (nSPS) is 12.6. The summed E-state index contributed by atoms with van der Waals surface area (Å²) >= 11 is 5.95. The van der Waals surface area contributed by atoms with Crippen molar-refractivity contribution in [2.75, 3.05) is 5.75 Å². The molecule has 0 N–H and O–H groups in total. The fraction of sp³-hybridized carbons (Fsp3) is 0.263. The standard InChI is InChI=1S/C19H16ClF3N6O2S/c1-4-32(30,31)18-14(25-15(29(18)3)10-5-7-11(20)8-6-10)17-24-12-9-13(19(21,22)23)26-27-16(12)28(17)2/h5-9H,4H2,1-3H3. The maximum atomic E-state index is 13.0. The number of benzene rings is 1. The summed E-state index contributed by atoms with van der Waals surface area (Å²) in [4.78, 5) is 8.73. The molecule has 32 heavy (non-hydrogen) atoms. The summed E-state index contributed by atoms with van der Waals surface area (Å²) < 4.78 is 67.8. The first-order chi connectivity index (χ1) is 14.9. The summed E-state index contributed by atoms with van der Waals surface area (Å²) in [5.74, 6) is 0.177. The van der Waals surface area contributed by atoms with Gasteiger partial charge in [-0.1, -0.05) is 18.5 Å². The van der Waals surface area contributed by atoms with Gasteiger partial charge in [-0.15, -0.1) is 10.2 Å². The molecule has 168 valence electrons. The van der Waals surface area contributed by atoms with Gasteiger partial charge in [0.15, 0.2) is 32.0 Å². The molecule has 0 atom stereocenters. The number of nitrogens with zero attached hydrogens (tertiary/aromatic N) is 6. The van der Waals surface area contributed by atoms with Crippen LogP contribution in [0.3, 0.4) is 0 Å². The van der Waals surface area contributed by atoms with E-state index in [-0.39, 0.29) is 33.5 Å². The lowest BCUT2D eigenvalue weighted by atomic mass is 10.2. The van der Waals surface area contributed by atoms with Crippen molar-refractivity contribution in [3.63, 3.8) is 0 Å². The third-order valence-electron chi connectivity index (χ3n) is 4.94. The minimum atomic E-state index is -4.69. The Kier molecular flexibility index (Phi) is 5.24. The monoisotopic (exact) mass is 484 g/mol. The third kappa shape index (κ3) is 3.62. The van der Waals surface area contributed by atoms with E-state index in [1.54, 1.807) is 31.3 Å². The molecule has 8 nitrogen and oxygen atoms in total. The largest absolute Gasteiger partial charge is 0.435 e. The van der Waals surface area contributed by atoms with Crippen LogP contribution in [0.4, 0.5) is 13.2 Å². The highest BCUT2D eigenvalue weighted by Gasteiger charge is 2.35. The highest BCUT2D eigenvalue weighted by atomic mass is 35.5. The van der Waals surface area contributed by atoms with Crippen LogP contribution in [-0.4, -0.2) is 43.5 Å². The summed E-state index contributed by atoms with van der Waals surface area (Å²) in [6, 6.07) is 7.42. The van der Waals surface area contributed by atoms with Gasteiger partial charge < -0.3 is 9.13 Å². The molecular weight excluding hydrogens is 469 g/mol. The Morgan fingerprint density at radius 2 is 1.66 bits per heavy atom. The average molecular weight is 485 g/mol. The van der Waals surface area contributed by atoms with Gasteiger partial charge in [-0.05, 0) is 24.3 Å². The van der Waals surface area contributed by atoms with Crippen LogP contribution in [0, 0.1) is 0 Å². The average Bonchev–Trinajstić information content (AvgIpc) is 3.25. The van der Waals surface area contributed by atoms with Crippen molar-refractivity contribution >= 4 is 32.6 Å². The summed E-state index contributed by atoms with van der Waals surface area (Å²) in [7, 11) is -0.729. The number of imidazole rings is 2. The predicted octanol–water partition coefficient (Wildman–Crippen LogP) is 3.90. The van der Waals surface area contributed by atoms with Crippen LogP contribution in [0.2, 0.25) is 5.02 Å². The Morgan fingerprint density at radius 1 is 1.00 bits per heavy atom. The van der Waals surface area contributed by atoms with E-state index in [1.165, 1.54) is 23.1 Å². The Labute approximate surface area is 185 Å². The first-order valence-corrected chi connectivity index (χ1v) is 11.3. The summed E-state index contributed by atoms with van der Waals surface area (Å²) in [5.41, 5.74) is -0.601. The van der Waals surface area contributed by atoms with Crippen LogP contribution < -0.4 is 0 Å². The molecule has 0 fully saturated rings. The molecule has 0 unspecified atom stereocenters. The lowest BCUT2D eigenvalue weighted by molar-refractivity contribution is -0.141. The summed E-state index contributed by atoms with van der Waals surface area (Å²) in [6.45, 7) is 1.49. The van der Waals surface area contributed by atoms with Crippen molar-refractivity contribution in [3.05, 3.63) is 41.0 Å². The van der Waals surface area contributed by atoms with E-state index in [2.05, 4.69) is 20.2 Å². The van der Waals surface area contributed by atoms with Crippen LogP contribution in [0.15, 0.2) is 35.4 Å². The first kappa shape index (κ1) is 22.2. The van der Waals surface area contributed by atoms with E-state index >= 15 is 0 Å². The van der Waals surface area contributed by atoms with Crippen molar-refractivity contribution < 1.29 is 21.6 Å². The number of aryl methyl sites for hydroxylation is 1. The zero-order chi connectivity index (χ0) is 23.4. The molecule has 0 aliphatic heterocycles. The number of aromatic nitrogens is 6. The van der Waals surface area contributed by atoms with Crippen LogP contribution in [0.1, 0.15) is 12.6 Å². The fourth-order valence-corrected chi connectivity index (χ4v) is 4.65. The van der Waals surface area contributed by atoms with Gasteiger partial charge in [-0.25, -0.2) is 18.4 Å². The van der Waals surface area contributed by atoms with Gasteiger partial charge >= 0.3 is 6.18 Å². The Bertz CT molecular complexity index is 1440. The van der Waals surface area contributed by atoms with E-state index in [1.807, 2.05) is 0 Å². The van der Waals surface area contributed by atoms with E-state index in [0.717, 1.165) is 6.07 Å². The smallest absolute Gasteiger partial charge is 0.318 e. The van der Waals surface area contributed by atoms with Crippen molar-refractivity contribution in [3.8, 4) is 22.9 Å². The van der Waals surface area contributed by atoms with Crippen molar-refractivity contribution in [2.24, 2.45) is 14.1 Å². The van der Waals surface area contributed by atoms with Crippen LogP contribution in [0.5, 0.6) is 0 Å². The summed E-state index contributed by atoms with van der Waals surface area (Å²) in [6.07, 6.45) is -4.69. The molecule has 1 aromatic carbocycles. The summed E-state index contributed by atoms with van der Waals surface area (Å²) in [5, 5.41) is 7.25. The zero-order valence-electron chi connectivity index (χ0n) is 17.0. The third-order valence-corrected chi connectivity index (χ3v) is 7.01. The second-order valence-corrected chi connectivity index (χ2v) is 9.62. The van der Waals surface area contributed by atoms with E-state index < -0.39 is 21.7 Å². The molecule has 0 saturated carbocycles. The molecular formula is C19H16ClF3N6O2S. The molecule has 0 aliphatic rings. The zero-order valence-corrected chi connectivity index (χ0v) is 18.6. The number of hydrogen-bond acceptors (Lipinski definition) is 6. The van der Waals surface area contributed by atoms with Crippen LogP contribution >= 0.6 is 11.6 Å². The fourth-order valence-electron chi connectivity index (χ4n) is 3.32. The number of hydrogen-bond donors (Lipinski definition) is 0. The van der Waals surface area contributed by atoms with Gasteiger partial charge in [0.25, 0.3) is 0 Å². The lowest BCUT2D eigenvalue weighted by Crippen LogP contribution is -2.11. The van der Waals surface area contributed by atoms with E-state index in [0.29, 0.717) is 16.4 Å². The van der Waals surface area contributed by atoms with E-state index in [4.69, 9.17) is 11.6 Å². The Hall–Kier alpha value is -2.99. The SMILES string of the molecule is CCS(=O)(=O)c1c(-c2nc3cc(C(F)(F)F)nnc3n2C)nc(-c2ccc(Cl)cc2)n1C. The minimum Gasteiger partial charge on any atom is -0.318 e. The van der Waals surface area contributed by atoms with Gasteiger partial charge in [-0.3, -0.25) is 0 Å². The topological polar surface area (TPSA) is 95.6 Å². The van der Waals surface area contributed by atoms with Gasteiger partial charge in [0, 0.05) is 30.7 Å². The highest BCUT2D eigenvalue weighted by Crippen LogP contribution is 2.34. The second kappa shape index (κ2) is 7.55. The highest BCUT2D eigenvalue weighted by molar-refractivity contribution is 7.91. The molecule has 0 radical (unpaired) electrons. The molecule has 13 heteroatoms. The molecule has 0 bridgehead atoms. The molecule has 0 aliphatic carbocycles. The van der Waals surface area contributed by atoms with Gasteiger partial charge in [0.2, 0.25) is 0 Å². The lowest BCUT2D eigenvalue weighted by Gasteiger charge is -2.07. The number of alkyl halides is 3. The Balaban J connectivity index is 2.00. The maximum absolute atomic E-state index is 13.0. The molecule has 3 heterocycles. The van der Waals surface area contributed by atoms with Crippen molar-refractivity contribution in [1.82, 2.24) is 29.3 Å². The second-order valence-electron chi connectivity index (χ2n) is 6.99. The predicted molar refractivity (Wildman–Crippen MR) is 112 cm³/mol. The molecule has 0 spiro atoms. The molecule has 3 aromatic heterocycles. The molecule has 4 aromatic rings. The van der Waals surface area contributed by atoms with Gasteiger partial charge in [0.1, 0.15) is 17.0 Å². The van der Waals surface area contributed by atoms with Gasteiger partial charge in [-0.2, -0.15) is 13.2 Å². The molecule has 0 amide bonds. The van der Waals surface area contributed by atoms with Crippen molar-refractivity contribution in [1.29, 1.82) is 0 Å². The number of halogens is 4. The molecule has 0 saturated heterocycles. The molecule has 4 rings (SSSR count). The first-order valence-electron chi connectivity index (χ1n) is 9.27. The number of rotatable bonds is 4. The number of sulfone groups is 1. The van der Waals surface area contributed by atoms with Crippen molar-refractivity contribution in [2.45, 2.75) is 18.1 Å². The minimum absolute atomic E-state index is 0.00774. The van der Waals surface area contributed by atoms with Crippen LogP contribution in [0.25, 0.3) is 34.1 Å². The Morgan fingerprint density at radius 3 is 2.25 bits per heavy atom. The van der Waals surface area contributed by atoms with Gasteiger partial charge in [0.05, 0.1) is 5.75 Å². The maximum Gasteiger partial charge on any atom is 0.435 e. The quantitative estimate of drug-likeness (QED) is 0.436.